The zero-order valence-corrected chi connectivity index (χ0v) is 9.86. The summed E-state index contributed by atoms with van der Waals surface area (Å²) >= 11 is 0. The first kappa shape index (κ1) is 13.0. The normalized spacial score (nSPS) is 10.2. The Balaban J connectivity index is 2.12. The molecule has 0 saturated carbocycles. The van der Waals surface area contributed by atoms with Crippen LogP contribution in [0.1, 0.15) is 15.9 Å². The molecule has 0 aliphatic heterocycles. The highest BCUT2D eigenvalue weighted by atomic mass is 19.1. The Morgan fingerprint density at radius 3 is 2.68 bits per heavy atom. The van der Waals surface area contributed by atoms with E-state index in [0.29, 0.717) is 5.56 Å². The molecule has 0 fully saturated rings. The van der Waals surface area contributed by atoms with E-state index in [1.807, 2.05) is 0 Å². The van der Waals surface area contributed by atoms with E-state index < -0.39 is 17.6 Å². The van der Waals surface area contributed by atoms with Gasteiger partial charge in [0.15, 0.2) is 0 Å². The molecule has 0 aliphatic rings. The Morgan fingerprint density at radius 2 is 1.95 bits per heavy atom. The van der Waals surface area contributed by atoms with Crippen molar-refractivity contribution < 1.29 is 18.7 Å². The van der Waals surface area contributed by atoms with Crippen molar-refractivity contribution in [1.29, 1.82) is 0 Å². The van der Waals surface area contributed by atoms with Gasteiger partial charge < -0.3 is 10.4 Å². The highest BCUT2D eigenvalue weighted by Crippen LogP contribution is 2.16. The molecule has 2 rings (SSSR count). The zero-order chi connectivity index (χ0) is 13.8. The maximum absolute atomic E-state index is 13.4. The van der Waals surface area contributed by atoms with Gasteiger partial charge in [0.1, 0.15) is 11.6 Å². The molecule has 5 heteroatoms. The number of carboxylic acids is 1. The number of carbonyl (C=O) groups is 1. The maximum Gasteiger partial charge on any atom is 0.335 e. The molecule has 0 aliphatic carbocycles. The van der Waals surface area contributed by atoms with E-state index in [4.69, 9.17) is 5.11 Å². The first-order valence-corrected chi connectivity index (χ1v) is 5.57. The molecule has 0 unspecified atom stereocenters. The highest BCUT2D eigenvalue weighted by Gasteiger charge is 2.05. The molecule has 3 nitrogen and oxygen atoms in total. The molecule has 2 N–H and O–H groups in total. The highest BCUT2D eigenvalue weighted by molar-refractivity contribution is 5.87. The predicted octanol–water partition coefficient (Wildman–Crippen LogP) is 3.28. The lowest BCUT2D eigenvalue weighted by atomic mass is 10.1. The van der Waals surface area contributed by atoms with Crippen molar-refractivity contribution in [1.82, 2.24) is 0 Å². The molecule has 2 aromatic rings. The first-order chi connectivity index (χ1) is 9.06. The maximum atomic E-state index is 13.4. The third-order valence-electron chi connectivity index (χ3n) is 2.59. The second kappa shape index (κ2) is 5.48. The van der Waals surface area contributed by atoms with Crippen LogP contribution < -0.4 is 5.32 Å². The van der Waals surface area contributed by atoms with Gasteiger partial charge in [0.2, 0.25) is 0 Å². The lowest BCUT2D eigenvalue weighted by molar-refractivity contribution is 0.0696. The van der Waals surface area contributed by atoms with Crippen LogP contribution in [0.5, 0.6) is 0 Å². The van der Waals surface area contributed by atoms with E-state index in [-0.39, 0.29) is 17.8 Å². The molecule has 0 atom stereocenters. The van der Waals surface area contributed by atoms with E-state index in [1.165, 1.54) is 12.1 Å². The number of benzene rings is 2. The summed E-state index contributed by atoms with van der Waals surface area (Å²) in [7, 11) is 0. The Morgan fingerprint density at radius 1 is 1.16 bits per heavy atom. The van der Waals surface area contributed by atoms with Crippen LogP contribution >= 0.6 is 0 Å². The van der Waals surface area contributed by atoms with Crippen LogP contribution in [0, 0.1) is 11.6 Å². The second-order valence-electron chi connectivity index (χ2n) is 3.98. The van der Waals surface area contributed by atoms with Crippen molar-refractivity contribution in [2.45, 2.75) is 6.54 Å². The van der Waals surface area contributed by atoms with E-state index in [9.17, 15) is 13.6 Å². The quantitative estimate of drug-likeness (QED) is 0.890. The Kier molecular flexibility index (Phi) is 3.75. The predicted molar refractivity (Wildman–Crippen MR) is 67.1 cm³/mol. The molecular formula is C14H11F2NO2. The Labute approximate surface area is 108 Å². The van der Waals surface area contributed by atoms with Crippen molar-refractivity contribution in [3.8, 4) is 0 Å². The summed E-state index contributed by atoms with van der Waals surface area (Å²) in [5.41, 5.74) is 0.864. The van der Waals surface area contributed by atoms with Gasteiger partial charge in [-0.2, -0.15) is 0 Å². The molecule has 0 bridgehead atoms. The van der Waals surface area contributed by atoms with Gasteiger partial charge in [0, 0.05) is 6.54 Å². The van der Waals surface area contributed by atoms with E-state index in [0.717, 1.165) is 18.2 Å². The topological polar surface area (TPSA) is 49.3 Å². The number of rotatable bonds is 4. The van der Waals surface area contributed by atoms with Gasteiger partial charge >= 0.3 is 5.97 Å². The van der Waals surface area contributed by atoms with Crippen LogP contribution in [0.15, 0.2) is 42.5 Å². The lowest BCUT2D eigenvalue weighted by Crippen LogP contribution is -2.04. The monoisotopic (exact) mass is 263 g/mol. The standard InChI is InChI=1S/C14H11F2NO2/c15-11-4-5-12(16)13(7-11)17-8-9-2-1-3-10(6-9)14(18)19/h1-7,17H,8H2,(H,18,19). The smallest absolute Gasteiger partial charge is 0.335 e. The summed E-state index contributed by atoms with van der Waals surface area (Å²) in [4.78, 5) is 10.8. The van der Waals surface area contributed by atoms with Crippen LogP contribution in [-0.2, 0) is 6.54 Å². The number of hydrogen-bond acceptors (Lipinski definition) is 2. The molecule has 0 heterocycles. The third kappa shape index (κ3) is 3.28. The molecule has 0 aromatic heterocycles. The van der Waals surface area contributed by atoms with Gasteiger partial charge in [-0.1, -0.05) is 12.1 Å². The number of halogens is 2. The molecule has 0 spiro atoms. The van der Waals surface area contributed by atoms with Gasteiger partial charge in [-0.25, -0.2) is 13.6 Å². The van der Waals surface area contributed by atoms with Crippen molar-refractivity contribution in [2.24, 2.45) is 0 Å². The summed E-state index contributed by atoms with van der Waals surface area (Å²) in [6, 6.07) is 9.37. The number of hydrogen-bond donors (Lipinski definition) is 2. The molecule has 0 amide bonds. The molecule has 0 radical (unpaired) electrons. The summed E-state index contributed by atoms with van der Waals surface area (Å²) in [6.07, 6.45) is 0. The fraction of sp³-hybridized carbons (Fsp3) is 0.0714. The van der Waals surface area contributed by atoms with E-state index >= 15 is 0 Å². The second-order valence-corrected chi connectivity index (χ2v) is 3.98. The minimum absolute atomic E-state index is 0.0423. The fourth-order valence-corrected chi connectivity index (χ4v) is 1.64. The van der Waals surface area contributed by atoms with Gasteiger partial charge in [0.25, 0.3) is 0 Å². The summed E-state index contributed by atoms with van der Waals surface area (Å²) in [6.45, 7) is 0.210. The molecular weight excluding hydrogens is 252 g/mol. The van der Waals surface area contributed by atoms with Crippen LogP contribution in [0.25, 0.3) is 0 Å². The average Bonchev–Trinajstić information content (AvgIpc) is 2.40. The number of aromatic carboxylic acids is 1. The fourth-order valence-electron chi connectivity index (χ4n) is 1.64. The summed E-state index contributed by atoms with van der Waals surface area (Å²) in [5.74, 6) is -2.13. The largest absolute Gasteiger partial charge is 0.478 e. The van der Waals surface area contributed by atoms with Gasteiger partial charge in [-0.15, -0.1) is 0 Å². The zero-order valence-electron chi connectivity index (χ0n) is 9.86. The van der Waals surface area contributed by atoms with Crippen LogP contribution in [0.2, 0.25) is 0 Å². The van der Waals surface area contributed by atoms with Gasteiger partial charge in [-0.3, -0.25) is 0 Å². The minimum Gasteiger partial charge on any atom is -0.478 e. The molecule has 19 heavy (non-hydrogen) atoms. The van der Waals surface area contributed by atoms with Crippen LogP contribution in [0.3, 0.4) is 0 Å². The number of nitrogens with one attached hydrogen (secondary N) is 1. The van der Waals surface area contributed by atoms with Gasteiger partial charge in [-0.05, 0) is 35.9 Å². The SMILES string of the molecule is O=C(O)c1cccc(CNc2cc(F)ccc2F)c1. The van der Waals surface area contributed by atoms with Crippen molar-refractivity contribution in [3.63, 3.8) is 0 Å². The Hall–Kier alpha value is -2.43. The third-order valence-corrected chi connectivity index (χ3v) is 2.59. The minimum atomic E-state index is -1.03. The van der Waals surface area contributed by atoms with Crippen molar-refractivity contribution >= 4 is 11.7 Å². The molecule has 2 aromatic carbocycles. The van der Waals surface area contributed by atoms with Crippen LogP contribution in [0.4, 0.5) is 14.5 Å². The van der Waals surface area contributed by atoms with Gasteiger partial charge in [0.05, 0.1) is 11.3 Å². The van der Waals surface area contributed by atoms with Crippen molar-refractivity contribution in [2.75, 3.05) is 5.32 Å². The Bertz CT molecular complexity index is 614. The first-order valence-electron chi connectivity index (χ1n) is 5.57. The molecule has 0 saturated heterocycles. The lowest BCUT2D eigenvalue weighted by Gasteiger charge is -2.08. The van der Waals surface area contributed by atoms with Crippen molar-refractivity contribution in [3.05, 3.63) is 65.2 Å². The van der Waals surface area contributed by atoms with E-state index in [1.54, 1.807) is 12.1 Å². The number of anilines is 1. The average molecular weight is 263 g/mol. The molecule has 98 valence electrons. The van der Waals surface area contributed by atoms with E-state index in [2.05, 4.69) is 5.32 Å². The van der Waals surface area contributed by atoms with Crippen LogP contribution in [-0.4, -0.2) is 11.1 Å². The number of carboxylic acid groups (broad SMARTS) is 1. The summed E-state index contributed by atoms with van der Waals surface area (Å²) in [5, 5.41) is 11.6. The summed E-state index contributed by atoms with van der Waals surface area (Å²) < 4.78 is 26.3.